The molecule has 3 rings (SSSR count). The molecule has 3 aromatic rings. The molecule has 0 atom stereocenters. The van der Waals surface area contributed by atoms with Crippen molar-refractivity contribution in [2.45, 2.75) is 6.92 Å². The van der Waals surface area contributed by atoms with E-state index in [1.54, 1.807) is 0 Å². The van der Waals surface area contributed by atoms with Gasteiger partial charge in [0, 0.05) is 37.0 Å². The van der Waals surface area contributed by atoms with Crippen LogP contribution in [0.5, 0.6) is 0 Å². The summed E-state index contributed by atoms with van der Waals surface area (Å²) in [7, 11) is 3.84. The minimum atomic E-state index is -0.299. The molecule has 0 aliphatic rings. The van der Waals surface area contributed by atoms with Gasteiger partial charge in [0.1, 0.15) is 5.00 Å². The quantitative estimate of drug-likeness (QED) is 0.550. The molecule has 0 aliphatic heterocycles. The van der Waals surface area contributed by atoms with E-state index in [4.69, 9.17) is 12.2 Å². The van der Waals surface area contributed by atoms with Gasteiger partial charge in [-0.3, -0.25) is 5.32 Å². The first-order valence-corrected chi connectivity index (χ1v) is 9.57. The van der Waals surface area contributed by atoms with Crippen LogP contribution in [0, 0.1) is 6.92 Å². The second-order valence-corrected chi connectivity index (χ2v) is 7.09. The minimum absolute atomic E-state index is 0.299. The maximum Gasteiger partial charge on any atom is 0.324 e. The molecule has 0 aliphatic carbocycles. The monoisotopic (exact) mass is 414 g/mol. The summed E-state index contributed by atoms with van der Waals surface area (Å²) in [5.74, 6) is 0. The normalized spacial score (nSPS) is 9.54. The maximum absolute atomic E-state index is 11.4. The van der Waals surface area contributed by atoms with Gasteiger partial charge in [-0.1, -0.05) is 34.8 Å². The zero-order chi connectivity index (χ0) is 20.4. The lowest BCUT2D eigenvalue weighted by molar-refractivity contribution is 0.262. The van der Waals surface area contributed by atoms with Crippen LogP contribution in [0.15, 0.2) is 60.8 Å². The molecule has 0 radical (unpaired) electrons. The lowest BCUT2D eigenvalue weighted by Crippen LogP contribution is -2.26. The van der Waals surface area contributed by atoms with Crippen molar-refractivity contribution in [1.82, 2.24) is 14.5 Å². The third-order valence-corrected chi connectivity index (χ3v) is 4.35. The van der Waals surface area contributed by atoms with Gasteiger partial charge in [0.2, 0.25) is 0 Å². The van der Waals surface area contributed by atoms with Crippen LogP contribution in [0.2, 0.25) is 0 Å². The van der Waals surface area contributed by atoms with Gasteiger partial charge in [-0.15, -0.1) is 5.10 Å². The Bertz CT molecular complexity index is 884. The molecule has 1 heterocycles. The van der Waals surface area contributed by atoms with Crippen molar-refractivity contribution in [1.29, 1.82) is 0 Å². The van der Waals surface area contributed by atoms with Crippen LogP contribution in [0.3, 0.4) is 0 Å². The number of carbonyl (C=O) groups is 1. The van der Waals surface area contributed by atoms with E-state index < -0.39 is 0 Å². The molecule has 7 nitrogen and oxygen atoms in total. The number of thiocarbonyl (C=S) groups is 1. The summed E-state index contributed by atoms with van der Waals surface area (Å²) in [6, 6.07) is 17.0. The van der Waals surface area contributed by atoms with Crippen LogP contribution in [-0.2, 0) is 0 Å². The third kappa shape index (κ3) is 7.68. The summed E-state index contributed by atoms with van der Waals surface area (Å²) in [5.41, 5.74) is 3.01. The fourth-order valence-electron chi connectivity index (χ4n) is 1.98. The van der Waals surface area contributed by atoms with Gasteiger partial charge < -0.3 is 15.5 Å². The van der Waals surface area contributed by atoms with Crippen molar-refractivity contribution in [3.8, 4) is 0 Å². The lowest BCUT2D eigenvalue weighted by atomic mass is 10.2. The smallest absolute Gasteiger partial charge is 0.324 e. The molecule has 1 aromatic heterocycles. The zero-order valence-corrected chi connectivity index (χ0v) is 17.5. The number of rotatable bonds is 3. The SMILES string of the molecule is Cc1cccc(NC(=S)N(C)C)c1.O=C(Nc1ccccc1)Nc1cnns1. The van der Waals surface area contributed by atoms with Crippen molar-refractivity contribution in [3.05, 3.63) is 66.4 Å². The van der Waals surface area contributed by atoms with E-state index in [1.807, 2.05) is 61.5 Å². The van der Waals surface area contributed by atoms with Crippen LogP contribution in [-0.4, -0.2) is 39.7 Å². The van der Waals surface area contributed by atoms with Crippen molar-refractivity contribution < 1.29 is 4.79 Å². The maximum atomic E-state index is 11.4. The predicted octanol–water partition coefficient (Wildman–Crippen LogP) is 4.44. The molecule has 0 saturated carbocycles. The summed E-state index contributed by atoms with van der Waals surface area (Å²) >= 11 is 6.25. The highest BCUT2D eigenvalue weighted by Crippen LogP contribution is 2.11. The molecular formula is C19H22N6OS2. The van der Waals surface area contributed by atoms with Gasteiger partial charge in [-0.05, 0) is 49.0 Å². The fraction of sp³-hybridized carbons (Fsp3) is 0.158. The Balaban J connectivity index is 0.000000203. The molecule has 9 heteroatoms. The van der Waals surface area contributed by atoms with Gasteiger partial charge in [0.25, 0.3) is 0 Å². The van der Waals surface area contributed by atoms with Crippen LogP contribution in [0.4, 0.5) is 21.2 Å². The number of hydrogen-bond acceptors (Lipinski definition) is 5. The second-order valence-electron chi connectivity index (χ2n) is 5.92. The Morgan fingerprint density at radius 1 is 1.00 bits per heavy atom. The average Bonchev–Trinajstić information content (AvgIpc) is 3.16. The number of urea groups is 1. The molecular weight excluding hydrogens is 392 g/mol. The Morgan fingerprint density at radius 3 is 2.32 bits per heavy atom. The van der Waals surface area contributed by atoms with E-state index in [0.29, 0.717) is 5.00 Å². The third-order valence-electron chi connectivity index (χ3n) is 3.31. The highest BCUT2D eigenvalue weighted by molar-refractivity contribution is 7.80. The summed E-state index contributed by atoms with van der Waals surface area (Å²) in [6.07, 6.45) is 1.50. The van der Waals surface area contributed by atoms with Crippen molar-refractivity contribution in [2.24, 2.45) is 0 Å². The van der Waals surface area contributed by atoms with Gasteiger partial charge in [-0.2, -0.15) is 0 Å². The number of aromatic nitrogens is 2. The number of carbonyl (C=O) groups excluding carboxylic acids is 1. The number of nitrogens with one attached hydrogen (secondary N) is 3. The first kappa shape index (κ1) is 21.3. The summed E-state index contributed by atoms with van der Waals surface area (Å²) in [6.45, 7) is 2.06. The first-order valence-electron chi connectivity index (χ1n) is 8.39. The van der Waals surface area contributed by atoms with Crippen LogP contribution in [0.25, 0.3) is 0 Å². The predicted molar refractivity (Wildman–Crippen MR) is 120 cm³/mol. The first-order chi connectivity index (χ1) is 13.4. The van der Waals surface area contributed by atoms with E-state index in [9.17, 15) is 4.79 Å². The molecule has 0 spiro atoms. The summed E-state index contributed by atoms with van der Waals surface area (Å²) < 4.78 is 3.63. The highest BCUT2D eigenvalue weighted by atomic mass is 32.1. The van der Waals surface area contributed by atoms with Crippen molar-refractivity contribution >= 4 is 51.3 Å². The molecule has 2 amide bonds. The number of aryl methyl sites for hydroxylation is 1. The molecule has 28 heavy (non-hydrogen) atoms. The number of amides is 2. The van der Waals surface area contributed by atoms with Gasteiger partial charge in [-0.25, -0.2) is 4.79 Å². The van der Waals surface area contributed by atoms with Crippen molar-refractivity contribution in [3.63, 3.8) is 0 Å². The Hall–Kier alpha value is -3.04. The molecule has 146 valence electrons. The average molecular weight is 415 g/mol. The number of para-hydroxylation sites is 1. The summed E-state index contributed by atoms with van der Waals surface area (Å²) in [5, 5.41) is 13.4. The van der Waals surface area contributed by atoms with Gasteiger partial charge in [0.15, 0.2) is 5.11 Å². The number of benzene rings is 2. The molecule has 2 aromatic carbocycles. The van der Waals surface area contributed by atoms with Gasteiger partial charge >= 0.3 is 6.03 Å². The number of nitrogens with zero attached hydrogens (tertiary/aromatic N) is 3. The highest BCUT2D eigenvalue weighted by Gasteiger charge is 2.03. The Labute approximate surface area is 173 Å². The Kier molecular flexibility index (Phi) is 8.32. The number of anilines is 3. The minimum Gasteiger partial charge on any atom is -0.355 e. The summed E-state index contributed by atoms with van der Waals surface area (Å²) in [4.78, 5) is 13.3. The Morgan fingerprint density at radius 2 is 1.71 bits per heavy atom. The standard InChI is InChI=1S/C10H14N2S.C9H8N4OS/c1-8-5-4-6-9(7-8)11-10(13)12(2)3;14-9(12-8-6-10-13-15-8)11-7-4-2-1-3-5-7/h4-7H,1-3H3,(H,11,13);1-6H,(H2,11,12,14). The fourth-order valence-corrected chi connectivity index (χ4v) is 2.51. The van der Waals surface area contributed by atoms with Crippen molar-refractivity contribution in [2.75, 3.05) is 30.0 Å². The van der Waals surface area contributed by atoms with E-state index >= 15 is 0 Å². The van der Waals surface area contributed by atoms with Crippen LogP contribution >= 0.6 is 23.8 Å². The van der Waals surface area contributed by atoms with E-state index in [0.717, 1.165) is 28.0 Å². The van der Waals surface area contributed by atoms with Crippen LogP contribution in [0.1, 0.15) is 5.56 Å². The second kappa shape index (κ2) is 11.0. The molecule has 0 saturated heterocycles. The van der Waals surface area contributed by atoms with E-state index in [2.05, 4.69) is 44.6 Å². The molecule has 0 unspecified atom stereocenters. The molecule has 0 fully saturated rings. The molecule has 3 N–H and O–H groups in total. The van der Waals surface area contributed by atoms with Crippen LogP contribution < -0.4 is 16.0 Å². The lowest BCUT2D eigenvalue weighted by Gasteiger charge is -2.15. The van der Waals surface area contributed by atoms with E-state index in [1.165, 1.54) is 11.8 Å². The number of hydrogen-bond donors (Lipinski definition) is 3. The van der Waals surface area contributed by atoms with Gasteiger partial charge in [0.05, 0.1) is 6.20 Å². The molecule has 0 bridgehead atoms. The topological polar surface area (TPSA) is 82.2 Å². The largest absolute Gasteiger partial charge is 0.355 e. The zero-order valence-electron chi connectivity index (χ0n) is 15.8. The van der Waals surface area contributed by atoms with E-state index in [-0.39, 0.29) is 6.03 Å².